The fourth-order valence-corrected chi connectivity index (χ4v) is 3.03. The zero-order chi connectivity index (χ0) is 18.0. The number of ether oxygens (including phenoxy) is 2. The van der Waals surface area contributed by atoms with Crippen LogP contribution in [0, 0.1) is 5.82 Å². The smallest absolute Gasteiger partial charge is 0.338 e. The highest BCUT2D eigenvalue weighted by molar-refractivity contribution is 5.95. The molecule has 1 saturated carbocycles. The number of nitrogens with zero attached hydrogens (tertiary/aromatic N) is 1. The van der Waals surface area contributed by atoms with Crippen LogP contribution in [-0.4, -0.2) is 43.3 Å². The van der Waals surface area contributed by atoms with Gasteiger partial charge < -0.3 is 14.8 Å². The van der Waals surface area contributed by atoms with Gasteiger partial charge in [-0.25, -0.2) is 14.0 Å². The first-order valence-corrected chi connectivity index (χ1v) is 8.25. The normalized spacial score (nSPS) is 20.5. The molecule has 0 spiro atoms. The summed E-state index contributed by atoms with van der Waals surface area (Å²) in [4.78, 5) is 26.7. The first-order valence-electron chi connectivity index (χ1n) is 8.25. The van der Waals surface area contributed by atoms with Crippen LogP contribution in [0.3, 0.4) is 0 Å². The van der Waals surface area contributed by atoms with Crippen LogP contribution in [0.2, 0.25) is 0 Å². The number of benzene rings is 1. The molecule has 1 aromatic carbocycles. The summed E-state index contributed by atoms with van der Waals surface area (Å²) in [5.41, 5.74) is 1.39. The molecule has 0 bridgehead atoms. The molecule has 134 valence electrons. The molecule has 2 aliphatic rings. The number of methoxy groups -OCH3 is 1. The van der Waals surface area contributed by atoms with Gasteiger partial charge in [-0.1, -0.05) is 12.1 Å². The van der Waals surface area contributed by atoms with Crippen LogP contribution in [0.25, 0.3) is 0 Å². The van der Waals surface area contributed by atoms with Crippen molar-refractivity contribution in [1.82, 2.24) is 10.2 Å². The number of esters is 1. The van der Waals surface area contributed by atoms with Crippen LogP contribution in [0.5, 0.6) is 0 Å². The van der Waals surface area contributed by atoms with E-state index >= 15 is 0 Å². The summed E-state index contributed by atoms with van der Waals surface area (Å²) in [7, 11) is 1.52. The molecule has 1 N–H and O–H groups in total. The lowest BCUT2D eigenvalue weighted by molar-refractivity contribution is -0.140. The van der Waals surface area contributed by atoms with Crippen molar-refractivity contribution >= 4 is 12.0 Å². The summed E-state index contributed by atoms with van der Waals surface area (Å²) in [5, 5.41) is 2.81. The van der Waals surface area contributed by atoms with Crippen molar-refractivity contribution < 1.29 is 23.5 Å². The predicted octanol–water partition coefficient (Wildman–Crippen LogP) is 2.52. The molecule has 1 fully saturated rings. The van der Waals surface area contributed by atoms with Crippen molar-refractivity contribution in [2.45, 2.75) is 31.8 Å². The summed E-state index contributed by atoms with van der Waals surface area (Å²) in [6.07, 6.45) is 1.81. The minimum absolute atomic E-state index is 0.107. The van der Waals surface area contributed by atoms with E-state index in [9.17, 15) is 14.0 Å². The van der Waals surface area contributed by atoms with Crippen molar-refractivity contribution in [3.05, 3.63) is 46.9 Å². The molecule has 1 aromatic rings. The number of amides is 2. The lowest BCUT2D eigenvalue weighted by Crippen LogP contribution is -2.49. The highest BCUT2D eigenvalue weighted by Gasteiger charge is 2.42. The van der Waals surface area contributed by atoms with Crippen molar-refractivity contribution in [3.8, 4) is 0 Å². The van der Waals surface area contributed by atoms with Crippen LogP contribution >= 0.6 is 0 Å². The Morgan fingerprint density at radius 3 is 2.76 bits per heavy atom. The van der Waals surface area contributed by atoms with E-state index in [2.05, 4.69) is 5.32 Å². The van der Waals surface area contributed by atoms with Crippen molar-refractivity contribution in [2.24, 2.45) is 0 Å². The SMILES string of the molecule is COCCOC(=O)C1=C(C)N(C2CC2)C(=O)N[C@@H]1c1cccc(F)c1. The van der Waals surface area contributed by atoms with Gasteiger partial charge in [0.05, 0.1) is 18.2 Å². The molecule has 7 heteroatoms. The van der Waals surface area contributed by atoms with Gasteiger partial charge in [0.25, 0.3) is 0 Å². The molecule has 2 amide bonds. The lowest BCUT2D eigenvalue weighted by Gasteiger charge is -2.35. The van der Waals surface area contributed by atoms with E-state index in [-0.39, 0.29) is 25.3 Å². The Morgan fingerprint density at radius 1 is 1.36 bits per heavy atom. The second-order valence-electron chi connectivity index (χ2n) is 6.17. The number of hydrogen-bond acceptors (Lipinski definition) is 4. The van der Waals surface area contributed by atoms with Crippen molar-refractivity contribution in [3.63, 3.8) is 0 Å². The number of allylic oxidation sites excluding steroid dienone is 1. The molecule has 6 nitrogen and oxygen atoms in total. The Bertz CT molecular complexity index is 715. The third-order valence-corrected chi connectivity index (χ3v) is 4.36. The topological polar surface area (TPSA) is 67.9 Å². The Labute approximate surface area is 145 Å². The zero-order valence-corrected chi connectivity index (χ0v) is 14.3. The average molecular weight is 348 g/mol. The first-order chi connectivity index (χ1) is 12.0. The monoisotopic (exact) mass is 348 g/mol. The highest BCUT2D eigenvalue weighted by Crippen LogP contribution is 2.37. The van der Waals surface area contributed by atoms with Crippen molar-refractivity contribution in [1.29, 1.82) is 0 Å². The van der Waals surface area contributed by atoms with Gasteiger partial charge in [0.1, 0.15) is 12.4 Å². The summed E-state index contributed by atoms with van der Waals surface area (Å²) in [6, 6.07) is 4.95. The molecule has 1 atom stereocenters. The standard InChI is InChI=1S/C18H21FN2O4/c1-11-15(17(22)25-9-8-24-2)16(12-4-3-5-13(19)10-12)20-18(23)21(11)14-6-7-14/h3-5,10,14,16H,6-9H2,1-2H3,(H,20,23)/t16-/m1/s1. The maximum Gasteiger partial charge on any atom is 0.338 e. The summed E-state index contributed by atoms with van der Waals surface area (Å²) in [6.45, 7) is 2.12. The van der Waals surface area contributed by atoms with Crippen LogP contribution in [0.15, 0.2) is 35.5 Å². The van der Waals surface area contributed by atoms with Gasteiger partial charge in [-0.05, 0) is 37.5 Å². The molecule has 0 unspecified atom stereocenters. The van der Waals surface area contributed by atoms with E-state index in [1.165, 1.54) is 19.2 Å². The van der Waals surface area contributed by atoms with E-state index in [0.717, 1.165) is 12.8 Å². The Morgan fingerprint density at radius 2 is 2.12 bits per heavy atom. The zero-order valence-electron chi connectivity index (χ0n) is 14.3. The maximum atomic E-state index is 13.6. The summed E-state index contributed by atoms with van der Waals surface area (Å²) in [5.74, 6) is -0.962. The van der Waals surface area contributed by atoms with E-state index < -0.39 is 17.8 Å². The van der Waals surface area contributed by atoms with Crippen molar-refractivity contribution in [2.75, 3.05) is 20.3 Å². The molecule has 25 heavy (non-hydrogen) atoms. The molecule has 1 heterocycles. The van der Waals surface area contributed by atoms with Crippen LogP contribution < -0.4 is 5.32 Å². The number of carbonyl (C=O) groups is 2. The quantitative estimate of drug-likeness (QED) is 0.634. The Kier molecular flexibility index (Phi) is 5.03. The largest absolute Gasteiger partial charge is 0.460 e. The average Bonchev–Trinajstić information content (AvgIpc) is 3.39. The third-order valence-electron chi connectivity index (χ3n) is 4.36. The van der Waals surface area contributed by atoms with Crippen LogP contribution in [0.4, 0.5) is 9.18 Å². The van der Waals surface area contributed by atoms with Gasteiger partial charge in [0, 0.05) is 18.8 Å². The predicted molar refractivity (Wildman–Crippen MR) is 88.1 cm³/mol. The molecular weight excluding hydrogens is 327 g/mol. The van der Waals surface area contributed by atoms with E-state index in [4.69, 9.17) is 9.47 Å². The molecule has 3 rings (SSSR count). The fourth-order valence-electron chi connectivity index (χ4n) is 3.03. The third kappa shape index (κ3) is 3.66. The van der Waals surface area contributed by atoms with E-state index in [1.807, 2.05) is 0 Å². The number of hydrogen-bond donors (Lipinski definition) is 1. The van der Waals surface area contributed by atoms with Gasteiger partial charge >= 0.3 is 12.0 Å². The second kappa shape index (κ2) is 7.23. The minimum Gasteiger partial charge on any atom is -0.460 e. The number of nitrogens with one attached hydrogen (secondary N) is 1. The number of urea groups is 1. The molecule has 1 aliphatic carbocycles. The van der Waals surface area contributed by atoms with Gasteiger partial charge in [0.15, 0.2) is 0 Å². The fraction of sp³-hybridized carbons (Fsp3) is 0.444. The minimum atomic E-state index is -0.742. The first kappa shape index (κ1) is 17.4. The number of carbonyl (C=O) groups excluding carboxylic acids is 2. The number of rotatable bonds is 6. The van der Waals surface area contributed by atoms with E-state index in [1.54, 1.807) is 24.0 Å². The van der Waals surface area contributed by atoms with Gasteiger partial charge in [0.2, 0.25) is 0 Å². The van der Waals surface area contributed by atoms with Gasteiger partial charge in [-0.2, -0.15) is 0 Å². The highest BCUT2D eigenvalue weighted by atomic mass is 19.1. The molecule has 0 aromatic heterocycles. The Balaban J connectivity index is 1.97. The molecule has 0 saturated heterocycles. The second-order valence-corrected chi connectivity index (χ2v) is 6.17. The number of halogens is 1. The lowest BCUT2D eigenvalue weighted by atomic mass is 9.94. The Hall–Kier alpha value is -2.41. The maximum absolute atomic E-state index is 13.6. The molecular formula is C18H21FN2O4. The summed E-state index contributed by atoms with van der Waals surface area (Å²) < 4.78 is 23.8. The summed E-state index contributed by atoms with van der Waals surface area (Å²) >= 11 is 0. The van der Waals surface area contributed by atoms with Gasteiger partial charge in [-0.15, -0.1) is 0 Å². The van der Waals surface area contributed by atoms with Crippen LogP contribution in [-0.2, 0) is 14.3 Å². The van der Waals surface area contributed by atoms with E-state index in [0.29, 0.717) is 16.8 Å². The molecule has 0 radical (unpaired) electrons. The molecule has 1 aliphatic heterocycles. The van der Waals surface area contributed by atoms with Gasteiger partial charge in [-0.3, -0.25) is 4.90 Å². The van der Waals surface area contributed by atoms with Crippen LogP contribution in [0.1, 0.15) is 31.4 Å².